The van der Waals surface area contributed by atoms with Crippen molar-refractivity contribution >= 4 is 11.9 Å². The highest BCUT2D eigenvalue weighted by Gasteiger charge is 2.21. The molecule has 1 heterocycles. The van der Waals surface area contributed by atoms with Crippen molar-refractivity contribution in [3.63, 3.8) is 0 Å². The molecule has 1 amide bonds. The molecule has 1 aliphatic rings. The monoisotopic (exact) mass is 242 g/mol. The van der Waals surface area contributed by atoms with Gasteiger partial charge in [-0.2, -0.15) is 0 Å². The van der Waals surface area contributed by atoms with E-state index < -0.39 is 5.97 Å². The summed E-state index contributed by atoms with van der Waals surface area (Å²) in [5, 5.41) is 0. The lowest BCUT2D eigenvalue weighted by molar-refractivity contribution is -0.146. The van der Waals surface area contributed by atoms with Crippen molar-refractivity contribution in [3.05, 3.63) is 0 Å². The summed E-state index contributed by atoms with van der Waals surface area (Å²) in [6.45, 7) is 2.91. The third-order valence-corrected chi connectivity index (χ3v) is 3.32. The maximum Gasteiger partial charge on any atom is 0.315 e. The number of nitrogens with zero attached hydrogens (tertiary/aromatic N) is 2. The van der Waals surface area contributed by atoms with E-state index >= 15 is 0 Å². The van der Waals surface area contributed by atoms with Gasteiger partial charge in [-0.1, -0.05) is 0 Å². The molecule has 0 radical (unpaired) electrons. The summed E-state index contributed by atoms with van der Waals surface area (Å²) in [5.41, 5.74) is 0. The molecule has 1 rings (SSSR count). The Kier molecular flexibility index (Phi) is 5.41. The van der Waals surface area contributed by atoms with E-state index in [0.29, 0.717) is 5.92 Å². The van der Waals surface area contributed by atoms with Gasteiger partial charge >= 0.3 is 5.97 Å². The first kappa shape index (κ1) is 14.0. The van der Waals surface area contributed by atoms with Crippen LogP contribution < -0.4 is 0 Å². The third kappa shape index (κ3) is 4.73. The standard InChI is InChI=1S/C12H22N2O3/c1-13-6-4-10(5-7-13)9-14(2)11(15)8-12(16)17-3/h10H,4-9H2,1-3H3. The zero-order chi connectivity index (χ0) is 12.8. The third-order valence-electron chi connectivity index (χ3n) is 3.32. The van der Waals surface area contributed by atoms with Crippen LogP contribution >= 0.6 is 0 Å². The van der Waals surface area contributed by atoms with Gasteiger partial charge in [0.15, 0.2) is 0 Å². The molecule has 0 aliphatic carbocycles. The Morgan fingerprint density at radius 1 is 1.35 bits per heavy atom. The van der Waals surface area contributed by atoms with Crippen molar-refractivity contribution in [1.29, 1.82) is 0 Å². The Labute approximate surface area is 103 Å². The van der Waals surface area contributed by atoms with Crippen molar-refractivity contribution in [2.45, 2.75) is 19.3 Å². The molecule has 0 aromatic heterocycles. The Hall–Kier alpha value is -1.10. The maximum atomic E-state index is 11.7. The van der Waals surface area contributed by atoms with Crippen LogP contribution in [0.1, 0.15) is 19.3 Å². The van der Waals surface area contributed by atoms with Crippen LogP contribution in [0.2, 0.25) is 0 Å². The number of ether oxygens (including phenoxy) is 1. The van der Waals surface area contributed by atoms with E-state index in [1.54, 1.807) is 11.9 Å². The number of esters is 1. The minimum atomic E-state index is -0.467. The average Bonchev–Trinajstić information content (AvgIpc) is 2.31. The van der Waals surface area contributed by atoms with Crippen molar-refractivity contribution in [3.8, 4) is 0 Å². The molecule has 0 saturated carbocycles. The Bertz CT molecular complexity index is 273. The normalized spacial score (nSPS) is 17.8. The minimum absolute atomic E-state index is 0.153. The summed E-state index contributed by atoms with van der Waals surface area (Å²) in [4.78, 5) is 26.6. The van der Waals surface area contributed by atoms with E-state index in [9.17, 15) is 9.59 Å². The predicted molar refractivity (Wildman–Crippen MR) is 64.5 cm³/mol. The highest BCUT2D eigenvalue weighted by Crippen LogP contribution is 2.17. The Morgan fingerprint density at radius 3 is 2.47 bits per heavy atom. The first-order valence-corrected chi connectivity index (χ1v) is 6.02. The number of piperidine rings is 1. The van der Waals surface area contributed by atoms with Crippen molar-refractivity contribution in [1.82, 2.24) is 9.80 Å². The molecular weight excluding hydrogens is 220 g/mol. The Morgan fingerprint density at radius 2 is 1.94 bits per heavy atom. The number of rotatable bonds is 4. The van der Waals surface area contributed by atoms with Gasteiger partial charge in [0.05, 0.1) is 7.11 Å². The summed E-state index contributed by atoms with van der Waals surface area (Å²) in [5.74, 6) is -0.0706. The average molecular weight is 242 g/mol. The second-order valence-corrected chi connectivity index (χ2v) is 4.77. The molecule has 1 aliphatic heterocycles. The molecule has 0 unspecified atom stereocenters. The molecule has 0 aromatic rings. The van der Waals surface area contributed by atoms with Crippen LogP contribution in [0.3, 0.4) is 0 Å². The van der Waals surface area contributed by atoms with E-state index in [1.807, 2.05) is 0 Å². The van der Waals surface area contributed by atoms with Crippen LogP contribution in [0, 0.1) is 5.92 Å². The summed E-state index contributed by atoms with van der Waals surface area (Å²) < 4.78 is 4.48. The van der Waals surface area contributed by atoms with Gasteiger partial charge in [-0.25, -0.2) is 0 Å². The van der Waals surface area contributed by atoms with Crippen LogP contribution in [0.25, 0.3) is 0 Å². The highest BCUT2D eigenvalue weighted by molar-refractivity contribution is 5.94. The van der Waals surface area contributed by atoms with Crippen LogP contribution in [-0.2, 0) is 14.3 Å². The zero-order valence-electron chi connectivity index (χ0n) is 10.9. The van der Waals surface area contributed by atoms with E-state index in [-0.39, 0.29) is 12.3 Å². The van der Waals surface area contributed by atoms with Crippen molar-refractivity contribution < 1.29 is 14.3 Å². The molecule has 5 nitrogen and oxygen atoms in total. The molecule has 17 heavy (non-hydrogen) atoms. The first-order valence-electron chi connectivity index (χ1n) is 6.02. The SMILES string of the molecule is COC(=O)CC(=O)N(C)CC1CCN(C)CC1. The fourth-order valence-electron chi connectivity index (χ4n) is 2.06. The molecule has 5 heteroatoms. The number of carbonyl (C=O) groups is 2. The molecule has 1 saturated heterocycles. The molecule has 1 fully saturated rings. The van der Waals surface area contributed by atoms with Crippen molar-refractivity contribution in [2.24, 2.45) is 5.92 Å². The van der Waals surface area contributed by atoms with Gasteiger partial charge in [-0.15, -0.1) is 0 Å². The lowest BCUT2D eigenvalue weighted by atomic mass is 9.96. The maximum absolute atomic E-state index is 11.7. The van der Waals surface area contributed by atoms with Gasteiger partial charge in [0.1, 0.15) is 6.42 Å². The lowest BCUT2D eigenvalue weighted by Gasteiger charge is -2.31. The van der Waals surface area contributed by atoms with Gasteiger partial charge in [-0.05, 0) is 38.9 Å². The van der Waals surface area contributed by atoms with E-state index in [2.05, 4.69) is 16.7 Å². The van der Waals surface area contributed by atoms with Crippen LogP contribution in [0.5, 0.6) is 0 Å². The summed E-state index contributed by atoms with van der Waals surface area (Å²) in [7, 11) is 5.17. The van der Waals surface area contributed by atoms with Gasteiger partial charge < -0.3 is 14.5 Å². The molecule has 0 atom stereocenters. The first-order chi connectivity index (χ1) is 8.02. The predicted octanol–water partition coefficient (Wildman–Crippen LogP) is 0.350. The molecule has 98 valence electrons. The smallest absolute Gasteiger partial charge is 0.315 e. The zero-order valence-corrected chi connectivity index (χ0v) is 10.9. The quantitative estimate of drug-likeness (QED) is 0.527. The second kappa shape index (κ2) is 6.59. The molecule has 0 spiro atoms. The number of methoxy groups -OCH3 is 1. The van der Waals surface area contributed by atoms with Crippen LogP contribution in [0.15, 0.2) is 0 Å². The number of amides is 1. The van der Waals surface area contributed by atoms with E-state index in [1.165, 1.54) is 7.11 Å². The molecular formula is C12H22N2O3. The molecule has 0 aromatic carbocycles. The fourth-order valence-corrected chi connectivity index (χ4v) is 2.06. The topological polar surface area (TPSA) is 49.9 Å². The molecule has 0 N–H and O–H groups in total. The van der Waals surface area contributed by atoms with Crippen LogP contribution in [-0.4, -0.2) is 62.5 Å². The van der Waals surface area contributed by atoms with E-state index in [0.717, 1.165) is 32.5 Å². The summed E-state index contributed by atoms with van der Waals surface area (Å²) in [6.07, 6.45) is 2.08. The number of carbonyl (C=O) groups excluding carboxylic acids is 2. The summed E-state index contributed by atoms with van der Waals surface area (Å²) >= 11 is 0. The number of hydrogen-bond acceptors (Lipinski definition) is 4. The highest BCUT2D eigenvalue weighted by atomic mass is 16.5. The second-order valence-electron chi connectivity index (χ2n) is 4.77. The van der Waals surface area contributed by atoms with Crippen molar-refractivity contribution in [2.75, 3.05) is 40.8 Å². The summed E-state index contributed by atoms with van der Waals surface area (Å²) in [6, 6.07) is 0. The molecule has 0 bridgehead atoms. The number of likely N-dealkylation sites (tertiary alicyclic amines) is 1. The van der Waals surface area contributed by atoms with Gasteiger partial charge in [0, 0.05) is 13.6 Å². The van der Waals surface area contributed by atoms with Crippen LogP contribution in [0.4, 0.5) is 0 Å². The van der Waals surface area contributed by atoms with Gasteiger partial charge in [-0.3, -0.25) is 9.59 Å². The minimum Gasteiger partial charge on any atom is -0.469 e. The number of hydrogen-bond donors (Lipinski definition) is 0. The van der Waals surface area contributed by atoms with Gasteiger partial charge in [0.25, 0.3) is 0 Å². The fraction of sp³-hybridized carbons (Fsp3) is 0.833. The largest absolute Gasteiger partial charge is 0.469 e. The van der Waals surface area contributed by atoms with Gasteiger partial charge in [0.2, 0.25) is 5.91 Å². The van der Waals surface area contributed by atoms with E-state index in [4.69, 9.17) is 0 Å². The lowest BCUT2D eigenvalue weighted by Crippen LogP contribution is -2.38. The Balaban J connectivity index is 2.30.